The molecule has 1 aliphatic carbocycles. The number of hydrogen-bond donors (Lipinski definition) is 3. The average molecular weight is 332 g/mol. The molecule has 3 N–H and O–H groups in total. The summed E-state index contributed by atoms with van der Waals surface area (Å²) in [6, 6.07) is 4.93. The lowest BCUT2D eigenvalue weighted by molar-refractivity contribution is -0.138. The van der Waals surface area contributed by atoms with E-state index in [1.165, 1.54) is 12.1 Å². The largest absolute Gasteiger partial charge is 0.481 e. The molecule has 6 nitrogen and oxygen atoms in total. The van der Waals surface area contributed by atoms with Gasteiger partial charge in [-0.15, -0.1) is 0 Å². The van der Waals surface area contributed by atoms with Gasteiger partial charge in [-0.3, -0.25) is 14.4 Å². The number of amides is 1. The summed E-state index contributed by atoms with van der Waals surface area (Å²) in [5.41, 5.74) is -0.966. The van der Waals surface area contributed by atoms with Crippen LogP contribution in [-0.4, -0.2) is 27.5 Å². The van der Waals surface area contributed by atoms with Crippen molar-refractivity contribution in [3.05, 3.63) is 46.0 Å². The normalized spacial score (nSPS) is 16.2. The number of halogens is 1. The zero-order chi connectivity index (χ0) is 17.3. The molecule has 7 heteroatoms. The van der Waals surface area contributed by atoms with Gasteiger partial charge in [0, 0.05) is 11.5 Å². The van der Waals surface area contributed by atoms with Gasteiger partial charge in [0.1, 0.15) is 5.82 Å². The zero-order valence-electron chi connectivity index (χ0n) is 12.9. The molecule has 0 unspecified atom stereocenters. The number of carbonyl (C=O) groups excluding carboxylic acids is 1. The lowest BCUT2D eigenvalue weighted by Gasteiger charge is -2.28. The second kappa shape index (κ2) is 6.07. The summed E-state index contributed by atoms with van der Waals surface area (Å²) in [4.78, 5) is 38.1. The highest BCUT2D eigenvalue weighted by Crippen LogP contribution is 2.33. The predicted molar refractivity (Wildman–Crippen MR) is 85.4 cm³/mol. The molecule has 0 bridgehead atoms. The maximum Gasteiger partial charge on any atom is 0.305 e. The van der Waals surface area contributed by atoms with E-state index in [1.807, 2.05) is 0 Å². The number of carbonyl (C=O) groups is 2. The van der Waals surface area contributed by atoms with Crippen molar-refractivity contribution < 1.29 is 19.1 Å². The first kappa shape index (κ1) is 16.2. The third-order valence-electron chi connectivity index (χ3n) is 4.48. The van der Waals surface area contributed by atoms with Crippen molar-refractivity contribution in [2.45, 2.75) is 37.6 Å². The van der Waals surface area contributed by atoms with Crippen molar-refractivity contribution in [1.29, 1.82) is 0 Å². The summed E-state index contributed by atoms with van der Waals surface area (Å²) in [5.74, 6) is -2.01. The maximum absolute atomic E-state index is 13.3. The molecular weight excluding hydrogens is 315 g/mol. The molecule has 2 aromatic rings. The number of aromatic amines is 1. The van der Waals surface area contributed by atoms with Gasteiger partial charge in [0.15, 0.2) is 0 Å². The summed E-state index contributed by atoms with van der Waals surface area (Å²) in [6.45, 7) is 0. The van der Waals surface area contributed by atoms with E-state index in [0.717, 1.165) is 25.0 Å². The second-order valence-corrected chi connectivity index (χ2v) is 6.25. The van der Waals surface area contributed by atoms with E-state index in [0.29, 0.717) is 18.2 Å². The Labute approximate surface area is 136 Å². The molecule has 0 saturated heterocycles. The second-order valence-electron chi connectivity index (χ2n) is 6.25. The Kier molecular flexibility index (Phi) is 4.09. The minimum atomic E-state index is -0.977. The van der Waals surface area contributed by atoms with Crippen LogP contribution in [0.3, 0.4) is 0 Å². The van der Waals surface area contributed by atoms with Gasteiger partial charge in [-0.25, -0.2) is 4.39 Å². The van der Waals surface area contributed by atoms with Crippen LogP contribution < -0.4 is 10.9 Å². The van der Waals surface area contributed by atoms with Crippen molar-refractivity contribution in [1.82, 2.24) is 10.3 Å². The summed E-state index contributed by atoms with van der Waals surface area (Å²) >= 11 is 0. The molecule has 1 saturated carbocycles. The Hall–Kier alpha value is -2.70. The number of pyridine rings is 1. The first-order chi connectivity index (χ1) is 11.4. The molecule has 1 aliphatic rings. The van der Waals surface area contributed by atoms with Crippen LogP contribution in [-0.2, 0) is 4.79 Å². The standard InChI is InChI=1S/C17H17FN2O4/c18-10-3-4-11-12(8-14(21)19-13(11)7-10)16(24)20-17(9-15(22)23)5-1-2-6-17/h3-4,7-8H,1-2,5-6,9H2,(H,19,21)(H,20,24)(H,22,23). The number of rotatable bonds is 4. The average Bonchev–Trinajstić information content (AvgIpc) is 2.92. The summed E-state index contributed by atoms with van der Waals surface area (Å²) in [6.07, 6.45) is 2.69. The number of carboxylic acid groups (broad SMARTS) is 1. The third kappa shape index (κ3) is 3.15. The fourth-order valence-electron chi connectivity index (χ4n) is 3.42. The van der Waals surface area contributed by atoms with E-state index in [1.54, 1.807) is 0 Å². The van der Waals surface area contributed by atoms with Crippen molar-refractivity contribution in [3.8, 4) is 0 Å². The van der Waals surface area contributed by atoms with Crippen molar-refractivity contribution in [2.75, 3.05) is 0 Å². The zero-order valence-corrected chi connectivity index (χ0v) is 12.9. The van der Waals surface area contributed by atoms with Crippen LogP contribution in [0.4, 0.5) is 4.39 Å². The van der Waals surface area contributed by atoms with E-state index >= 15 is 0 Å². The highest BCUT2D eigenvalue weighted by Gasteiger charge is 2.37. The van der Waals surface area contributed by atoms with Crippen LogP contribution in [0.5, 0.6) is 0 Å². The quantitative estimate of drug-likeness (QED) is 0.799. The summed E-state index contributed by atoms with van der Waals surface area (Å²) in [7, 11) is 0. The molecule has 1 heterocycles. The minimum absolute atomic E-state index is 0.116. The molecular formula is C17H17FN2O4. The molecule has 3 rings (SSSR count). The Balaban J connectivity index is 1.99. The van der Waals surface area contributed by atoms with Gasteiger partial charge in [-0.2, -0.15) is 0 Å². The molecule has 126 valence electrons. The van der Waals surface area contributed by atoms with Crippen LogP contribution in [0.2, 0.25) is 0 Å². The monoisotopic (exact) mass is 332 g/mol. The van der Waals surface area contributed by atoms with Crippen LogP contribution >= 0.6 is 0 Å². The molecule has 1 aromatic heterocycles. The van der Waals surface area contributed by atoms with Crippen molar-refractivity contribution in [3.63, 3.8) is 0 Å². The summed E-state index contributed by atoms with van der Waals surface area (Å²) in [5, 5.41) is 12.3. The van der Waals surface area contributed by atoms with Gasteiger partial charge in [0.25, 0.3) is 5.91 Å². The van der Waals surface area contributed by atoms with Gasteiger partial charge in [0.05, 0.1) is 23.0 Å². The van der Waals surface area contributed by atoms with E-state index in [9.17, 15) is 18.8 Å². The van der Waals surface area contributed by atoms with E-state index in [2.05, 4.69) is 10.3 Å². The molecule has 0 spiro atoms. The fraction of sp³-hybridized carbons (Fsp3) is 0.353. The number of fused-ring (bicyclic) bond motifs is 1. The molecule has 1 aromatic carbocycles. The molecule has 0 aliphatic heterocycles. The minimum Gasteiger partial charge on any atom is -0.481 e. The number of benzene rings is 1. The van der Waals surface area contributed by atoms with Gasteiger partial charge in [-0.1, -0.05) is 12.8 Å². The lowest BCUT2D eigenvalue weighted by Crippen LogP contribution is -2.48. The lowest BCUT2D eigenvalue weighted by atomic mass is 9.92. The Morgan fingerprint density at radius 1 is 1.25 bits per heavy atom. The number of aromatic nitrogens is 1. The number of H-pyrrole nitrogens is 1. The SMILES string of the molecule is O=C(O)CC1(NC(=O)c2cc(=O)[nH]c3cc(F)ccc23)CCCC1. The molecule has 24 heavy (non-hydrogen) atoms. The predicted octanol–water partition coefficient (Wildman–Crippen LogP) is 2.18. The van der Waals surface area contributed by atoms with Crippen LogP contribution in [0.25, 0.3) is 10.9 Å². The van der Waals surface area contributed by atoms with Crippen molar-refractivity contribution >= 4 is 22.8 Å². The van der Waals surface area contributed by atoms with Gasteiger partial charge in [0.2, 0.25) is 5.56 Å². The van der Waals surface area contributed by atoms with Crippen LogP contribution in [0.1, 0.15) is 42.5 Å². The first-order valence-electron chi connectivity index (χ1n) is 7.75. The topological polar surface area (TPSA) is 99.3 Å². The number of carboxylic acids is 1. The molecule has 0 atom stereocenters. The molecule has 1 fully saturated rings. The smallest absolute Gasteiger partial charge is 0.305 e. The fourth-order valence-corrected chi connectivity index (χ4v) is 3.42. The molecule has 0 radical (unpaired) electrons. The highest BCUT2D eigenvalue weighted by molar-refractivity contribution is 6.06. The number of nitrogens with one attached hydrogen (secondary N) is 2. The van der Waals surface area contributed by atoms with Gasteiger partial charge >= 0.3 is 5.97 Å². The first-order valence-corrected chi connectivity index (χ1v) is 7.75. The summed E-state index contributed by atoms with van der Waals surface area (Å²) < 4.78 is 13.3. The van der Waals surface area contributed by atoms with E-state index in [4.69, 9.17) is 5.11 Å². The Morgan fingerprint density at radius 2 is 1.96 bits per heavy atom. The van der Waals surface area contributed by atoms with Crippen LogP contribution in [0.15, 0.2) is 29.1 Å². The highest BCUT2D eigenvalue weighted by atomic mass is 19.1. The Bertz CT molecular complexity index is 869. The Morgan fingerprint density at radius 3 is 2.62 bits per heavy atom. The van der Waals surface area contributed by atoms with Gasteiger partial charge in [-0.05, 0) is 31.0 Å². The van der Waals surface area contributed by atoms with Crippen LogP contribution in [0, 0.1) is 5.82 Å². The van der Waals surface area contributed by atoms with E-state index < -0.39 is 28.8 Å². The van der Waals surface area contributed by atoms with Gasteiger partial charge < -0.3 is 15.4 Å². The van der Waals surface area contributed by atoms with E-state index in [-0.39, 0.29) is 17.5 Å². The maximum atomic E-state index is 13.3. The number of hydrogen-bond acceptors (Lipinski definition) is 3. The van der Waals surface area contributed by atoms with Crippen molar-refractivity contribution in [2.24, 2.45) is 0 Å². The third-order valence-corrected chi connectivity index (χ3v) is 4.48. The molecule has 1 amide bonds. The number of aliphatic carboxylic acids is 1.